The largest absolute Gasteiger partial charge is 0.496 e. The molecule has 0 saturated carbocycles. The molecule has 2 N–H and O–H groups in total. The molecule has 0 aliphatic heterocycles. The maximum Gasteiger partial charge on any atom is 0.191 e. The van der Waals surface area contributed by atoms with Gasteiger partial charge in [-0.3, -0.25) is 0 Å². The lowest BCUT2D eigenvalue weighted by atomic mass is 10.1. The molecule has 0 spiro atoms. The average molecular weight is 332 g/mol. The van der Waals surface area contributed by atoms with Gasteiger partial charge >= 0.3 is 0 Å². The van der Waals surface area contributed by atoms with Crippen LogP contribution in [-0.4, -0.2) is 24.6 Å². The Hall–Kier alpha value is -2.08. The number of nitrogens with zero attached hydrogens (tertiary/aromatic N) is 2. The molecule has 1 aromatic heterocycles. The Bertz CT molecular complexity index is 666. The number of aliphatic imine (C=N–C) groups is 1. The normalized spacial score (nSPS) is 11.4. The first kappa shape index (κ1) is 17.3. The van der Waals surface area contributed by atoms with Crippen LogP contribution in [0.3, 0.4) is 0 Å². The van der Waals surface area contributed by atoms with Crippen molar-refractivity contribution < 1.29 is 4.74 Å². The maximum absolute atomic E-state index is 5.36. The van der Waals surface area contributed by atoms with Gasteiger partial charge in [0.05, 0.1) is 20.2 Å². The molecule has 0 fully saturated rings. The fraction of sp³-hybridized carbons (Fsp3) is 0.412. The Labute approximate surface area is 141 Å². The summed E-state index contributed by atoms with van der Waals surface area (Å²) in [7, 11) is 1.69. The van der Waals surface area contributed by atoms with Crippen LogP contribution < -0.4 is 15.4 Å². The summed E-state index contributed by atoms with van der Waals surface area (Å²) >= 11 is 1.70. The molecule has 0 atom stereocenters. The van der Waals surface area contributed by atoms with Crippen molar-refractivity contribution in [1.82, 2.24) is 15.6 Å². The van der Waals surface area contributed by atoms with E-state index in [0.717, 1.165) is 34.4 Å². The predicted molar refractivity (Wildman–Crippen MR) is 96.2 cm³/mol. The molecule has 0 unspecified atom stereocenters. The van der Waals surface area contributed by atoms with E-state index in [0.29, 0.717) is 13.1 Å². The van der Waals surface area contributed by atoms with Crippen LogP contribution >= 0.6 is 11.3 Å². The highest BCUT2D eigenvalue weighted by Crippen LogP contribution is 2.19. The molecule has 0 saturated heterocycles. The Morgan fingerprint density at radius 1 is 1.30 bits per heavy atom. The molecule has 0 bridgehead atoms. The van der Waals surface area contributed by atoms with Gasteiger partial charge in [-0.25, -0.2) is 9.98 Å². The minimum absolute atomic E-state index is 0.600. The van der Waals surface area contributed by atoms with Crippen molar-refractivity contribution in [1.29, 1.82) is 0 Å². The molecule has 1 heterocycles. The SMILES string of the molecule is CCNC(=NCc1ccc(C)c(OC)c1)NCc1ncc(C)s1. The highest BCUT2D eigenvalue weighted by Gasteiger charge is 2.03. The molecule has 2 aromatic rings. The number of hydrogen-bond donors (Lipinski definition) is 2. The Balaban J connectivity index is 2.00. The smallest absolute Gasteiger partial charge is 0.191 e. The Kier molecular flexibility index (Phi) is 6.40. The summed E-state index contributed by atoms with van der Waals surface area (Å²) in [5, 5.41) is 7.63. The zero-order chi connectivity index (χ0) is 16.7. The summed E-state index contributed by atoms with van der Waals surface area (Å²) in [4.78, 5) is 10.2. The summed E-state index contributed by atoms with van der Waals surface area (Å²) in [6.07, 6.45) is 1.89. The van der Waals surface area contributed by atoms with E-state index in [2.05, 4.69) is 46.6 Å². The van der Waals surface area contributed by atoms with Gasteiger partial charge in [0.15, 0.2) is 5.96 Å². The Morgan fingerprint density at radius 3 is 2.78 bits per heavy atom. The first-order chi connectivity index (χ1) is 11.1. The topological polar surface area (TPSA) is 58.5 Å². The van der Waals surface area contributed by atoms with Crippen molar-refractivity contribution in [2.24, 2.45) is 4.99 Å². The van der Waals surface area contributed by atoms with Gasteiger partial charge in [-0.2, -0.15) is 0 Å². The van der Waals surface area contributed by atoms with E-state index < -0.39 is 0 Å². The van der Waals surface area contributed by atoms with Crippen molar-refractivity contribution in [2.45, 2.75) is 33.9 Å². The monoisotopic (exact) mass is 332 g/mol. The van der Waals surface area contributed by atoms with Crippen LogP contribution in [0.4, 0.5) is 0 Å². The van der Waals surface area contributed by atoms with E-state index in [1.807, 2.05) is 19.2 Å². The minimum Gasteiger partial charge on any atom is -0.496 e. The third-order valence-corrected chi connectivity index (χ3v) is 4.23. The van der Waals surface area contributed by atoms with E-state index >= 15 is 0 Å². The van der Waals surface area contributed by atoms with Gasteiger partial charge in [0.2, 0.25) is 0 Å². The number of aromatic nitrogens is 1. The second kappa shape index (κ2) is 8.53. The van der Waals surface area contributed by atoms with Gasteiger partial charge < -0.3 is 15.4 Å². The number of hydrogen-bond acceptors (Lipinski definition) is 4. The highest BCUT2D eigenvalue weighted by molar-refractivity contribution is 7.11. The van der Waals surface area contributed by atoms with Crippen molar-refractivity contribution in [3.05, 3.63) is 45.4 Å². The molecule has 23 heavy (non-hydrogen) atoms. The van der Waals surface area contributed by atoms with Crippen LogP contribution in [0.15, 0.2) is 29.4 Å². The Morgan fingerprint density at radius 2 is 2.13 bits per heavy atom. The summed E-state index contributed by atoms with van der Waals surface area (Å²) in [6, 6.07) is 6.17. The van der Waals surface area contributed by atoms with Gasteiger partial charge in [-0.1, -0.05) is 12.1 Å². The molecular weight excluding hydrogens is 308 g/mol. The molecule has 0 aliphatic carbocycles. The third-order valence-electron chi connectivity index (χ3n) is 3.31. The maximum atomic E-state index is 5.36. The van der Waals surface area contributed by atoms with Crippen LogP contribution in [-0.2, 0) is 13.1 Å². The average Bonchev–Trinajstić information content (AvgIpc) is 2.97. The van der Waals surface area contributed by atoms with E-state index in [9.17, 15) is 0 Å². The molecule has 2 rings (SSSR count). The first-order valence-corrected chi connectivity index (χ1v) is 8.51. The summed E-state index contributed by atoms with van der Waals surface area (Å²) in [5.74, 6) is 1.69. The van der Waals surface area contributed by atoms with Gasteiger partial charge in [-0.15, -0.1) is 11.3 Å². The molecule has 0 aliphatic rings. The van der Waals surface area contributed by atoms with E-state index in [1.165, 1.54) is 4.88 Å². The first-order valence-electron chi connectivity index (χ1n) is 7.69. The lowest BCUT2D eigenvalue weighted by Crippen LogP contribution is -2.36. The van der Waals surface area contributed by atoms with Crippen LogP contribution in [0.2, 0.25) is 0 Å². The number of benzene rings is 1. The third kappa shape index (κ3) is 5.25. The zero-order valence-corrected chi connectivity index (χ0v) is 15.0. The number of ether oxygens (including phenoxy) is 1. The molecule has 6 heteroatoms. The van der Waals surface area contributed by atoms with Crippen molar-refractivity contribution >= 4 is 17.3 Å². The molecule has 124 valence electrons. The minimum atomic E-state index is 0.600. The van der Waals surface area contributed by atoms with Crippen LogP contribution in [0.1, 0.15) is 27.9 Å². The second-order valence-corrected chi connectivity index (χ2v) is 6.54. The molecule has 1 aromatic carbocycles. The summed E-state index contributed by atoms with van der Waals surface area (Å²) in [5.41, 5.74) is 2.25. The van der Waals surface area contributed by atoms with Gasteiger partial charge in [-0.05, 0) is 38.0 Å². The number of guanidine groups is 1. The van der Waals surface area contributed by atoms with Gasteiger partial charge in [0.25, 0.3) is 0 Å². The molecule has 5 nitrogen and oxygen atoms in total. The fourth-order valence-electron chi connectivity index (χ4n) is 2.12. The number of thiazole rings is 1. The van der Waals surface area contributed by atoms with E-state index in [-0.39, 0.29) is 0 Å². The zero-order valence-electron chi connectivity index (χ0n) is 14.1. The second-order valence-electron chi connectivity index (χ2n) is 5.22. The van der Waals surface area contributed by atoms with Crippen LogP contribution in [0.25, 0.3) is 0 Å². The summed E-state index contributed by atoms with van der Waals surface area (Å²) in [6.45, 7) is 8.25. The fourth-order valence-corrected chi connectivity index (χ4v) is 2.84. The van der Waals surface area contributed by atoms with Crippen LogP contribution in [0, 0.1) is 13.8 Å². The van der Waals surface area contributed by atoms with E-state index in [4.69, 9.17) is 4.74 Å². The van der Waals surface area contributed by atoms with Crippen molar-refractivity contribution in [3.8, 4) is 5.75 Å². The van der Waals surface area contributed by atoms with E-state index in [1.54, 1.807) is 18.4 Å². The quantitative estimate of drug-likeness (QED) is 0.631. The number of rotatable bonds is 6. The van der Waals surface area contributed by atoms with Gasteiger partial charge in [0.1, 0.15) is 10.8 Å². The summed E-state index contributed by atoms with van der Waals surface area (Å²) < 4.78 is 5.36. The van der Waals surface area contributed by atoms with Crippen molar-refractivity contribution in [2.75, 3.05) is 13.7 Å². The lowest BCUT2D eigenvalue weighted by molar-refractivity contribution is 0.411. The molecule has 0 radical (unpaired) electrons. The number of aryl methyl sites for hydroxylation is 2. The lowest BCUT2D eigenvalue weighted by Gasteiger charge is -2.11. The number of methoxy groups -OCH3 is 1. The molecule has 0 amide bonds. The standard InChI is InChI=1S/C17H24N4OS/c1-5-18-17(21-11-16-19-9-13(3)23-16)20-10-14-7-6-12(2)15(8-14)22-4/h6-9H,5,10-11H2,1-4H3,(H2,18,20,21). The van der Waals surface area contributed by atoms with Crippen LogP contribution in [0.5, 0.6) is 5.75 Å². The van der Waals surface area contributed by atoms with Crippen molar-refractivity contribution in [3.63, 3.8) is 0 Å². The predicted octanol–water partition coefficient (Wildman–Crippen LogP) is 3.02. The highest BCUT2D eigenvalue weighted by atomic mass is 32.1. The molecular formula is C17H24N4OS. The number of nitrogens with one attached hydrogen (secondary N) is 2. The van der Waals surface area contributed by atoms with Gasteiger partial charge in [0, 0.05) is 17.6 Å².